The molecule has 0 aliphatic carbocycles. The van der Waals surface area contributed by atoms with Gasteiger partial charge in [-0.25, -0.2) is 0 Å². The van der Waals surface area contributed by atoms with Crippen molar-refractivity contribution < 1.29 is 4.74 Å². The van der Waals surface area contributed by atoms with E-state index in [1.807, 2.05) is 18.2 Å². The SMILES string of the molecule is COc1ccc(Cl)cc1CCNCS. The molecule has 0 saturated carbocycles. The summed E-state index contributed by atoms with van der Waals surface area (Å²) in [6.45, 7) is 0.875. The van der Waals surface area contributed by atoms with E-state index in [9.17, 15) is 0 Å². The number of thiol groups is 1. The van der Waals surface area contributed by atoms with E-state index < -0.39 is 0 Å². The molecule has 2 nitrogen and oxygen atoms in total. The van der Waals surface area contributed by atoms with Crippen molar-refractivity contribution in [3.63, 3.8) is 0 Å². The normalized spacial score (nSPS) is 10.2. The van der Waals surface area contributed by atoms with Crippen LogP contribution < -0.4 is 10.1 Å². The van der Waals surface area contributed by atoms with Gasteiger partial charge in [0, 0.05) is 17.4 Å². The Kier molecular flexibility index (Phi) is 5.15. The Morgan fingerprint density at radius 3 is 2.93 bits per heavy atom. The quantitative estimate of drug-likeness (QED) is 0.461. The lowest BCUT2D eigenvalue weighted by atomic mass is 10.1. The second-order valence-electron chi connectivity index (χ2n) is 2.86. The monoisotopic (exact) mass is 231 g/mol. The van der Waals surface area contributed by atoms with Gasteiger partial charge in [-0.05, 0) is 30.2 Å². The zero-order valence-electron chi connectivity index (χ0n) is 8.09. The van der Waals surface area contributed by atoms with E-state index in [0.29, 0.717) is 5.88 Å². The van der Waals surface area contributed by atoms with Gasteiger partial charge in [-0.15, -0.1) is 0 Å². The predicted molar refractivity (Wildman–Crippen MR) is 63.6 cm³/mol. The van der Waals surface area contributed by atoms with Crippen LogP contribution in [0.4, 0.5) is 0 Å². The van der Waals surface area contributed by atoms with Gasteiger partial charge in [-0.3, -0.25) is 0 Å². The highest BCUT2D eigenvalue weighted by atomic mass is 35.5. The average Bonchev–Trinajstić information content (AvgIpc) is 2.19. The fourth-order valence-electron chi connectivity index (χ4n) is 1.24. The third kappa shape index (κ3) is 3.40. The first-order valence-electron chi connectivity index (χ1n) is 4.42. The van der Waals surface area contributed by atoms with E-state index in [0.717, 1.165) is 29.3 Å². The molecular weight excluding hydrogens is 218 g/mol. The number of hydrogen-bond acceptors (Lipinski definition) is 3. The number of rotatable bonds is 5. The van der Waals surface area contributed by atoms with Crippen molar-refractivity contribution >= 4 is 24.2 Å². The highest BCUT2D eigenvalue weighted by molar-refractivity contribution is 7.80. The summed E-state index contributed by atoms with van der Waals surface area (Å²) in [4.78, 5) is 0. The summed E-state index contributed by atoms with van der Waals surface area (Å²) in [7, 11) is 1.67. The van der Waals surface area contributed by atoms with Gasteiger partial charge in [0.15, 0.2) is 0 Å². The average molecular weight is 232 g/mol. The molecule has 0 aliphatic rings. The Balaban J connectivity index is 2.67. The number of methoxy groups -OCH3 is 1. The summed E-state index contributed by atoms with van der Waals surface area (Å²) >= 11 is 9.96. The minimum atomic E-state index is 0.683. The molecular formula is C10H14ClNOS. The molecule has 78 valence electrons. The Labute approximate surface area is 95.0 Å². The fraction of sp³-hybridized carbons (Fsp3) is 0.400. The van der Waals surface area contributed by atoms with Crippen LogP contribution in [0.1, 0.15) is 5.56 Å². The van der Waals surface area contributed by atoms with Crippen LogP contribution in [-0.4, -0.2) is 19.5 Å². The van der Waals surface area contributed by atoms with Crippen molar-refractivity contribution in [1.82, 2.24) is 5.32 Å². The molecule has 0 heterocycles. The van der Waals surface area contributed by atoms with Crippen LogP contribution in [0.25, 0.3) is 0 Å². The molecule has 0 saturated heterocycles. The first kappa shape index (κ1) is 11.7. The highest BCUT2D eigenvalue weighted by Gasteiger charge is 2.02. The largest absolute Gasteiger partial charge is 0.496 e. The maximum Gasteiger partial charge on any atom is 0.122 e. The van der Waals surface area contributed by atoms with Crippen molar-refractivity contribution in [2.45, 2.75) is 6.42 Å². The zero-order chi connectivity index (χ0) is 10.4. The lowest BCUT2D eigenvalue weighted by Gasteiger charge is -2.08. The Morgan fingerprint density at radius 2 is 2.29 bits per heavy atom. The Bertz CT molecular complexity index is 293. The molecule has 0 aromatic heterocycles. The van der Waals surface area contributed by atoms with Gasteiger partial charge >= 0.3 is 0 Å². The summed E-state index contributed by atoms with van der Waals surface area (Å²) < 4.78 is 5.23. The van der Waals surface area contributed by atoms with Crippen LogP contribution in [0.2, 0.25) is 5.02 Å². The van der Waals surface area contributed by atoms with Gasteiger partial charge in [0.1, 0.15) is 5.75 Å². The smallest absolute Gasteiger partial charge is 0.122 e. The minimum Gasteiger partial charge on any atom is -0.496 e. The molecule has 1 aromatic rings. The second kappa shape index (κ2) is 6.17. The molecule has 0 spiro atoms. The summed E-state index contributed by atoms with van der Waals surface area (Å²) in [5, 5.41) is 3.88. The second-order valence-corrected chi connectivity index (χ2v) is 3.62. The molecule has 0 unspecified atom stereocenters. The summed E-state index contributed by atoms with van der Waals surface area (Å²) in [6, 6.07) is 5.65. The van der Waals surface area contributed by atoms with Gasteiger partial charge in [0.05, 0.1) is 7.11 Å². The molecule has 4 heteroatoms. The summed E-state index contributed by atoms with van der Waals surface area (Å²) in [5.74, 6) is 1.57. The molecule has 0 aliphatic heterocycles. The highest BCUT2D eigenvalue weighted by Crippen LogP contribution is 2.22. The predicted octanol–water partition coefficient (Wildman–Crippen LogP) is 2.37. The maximum atomic E-state index is 5.90. The molecule has 0 bridgehead atoms. The van der Waals surface area contributed by atoms with Gasteiger partial charge < -0.3 is 10.1 Å². The maximum absolute atomic E-state index is 5.90. The van der Waals surface area contributed by atoms with E-state index >= 15 is 0 Å². The molecule has 0 fully saturated rings. The number of nitrogens with one attached hydrogen (secondary N) is 1. The van der Waals surface area contributed by atoms with E-state index in [2.05, 4.69) is 17.9 Å². The molecule has 1 N–H and O–H groups in total. The zero-order valence-corrected chi connectivity index (χ0v) is 9.74. The number of halogens is 1. The minimum absolute atomic E-state index is 0.683. The Hall–Kier alpha value is -0.380. The van der Waals surface area contributed by atoms with Crippen molar-refractivity contribution in [3.05, 3.63) is 28.8 Å². The van der Waals surface area contributed by atoms with Gasteiger partial charge in [-0.1, -0.05) is 11.6 Å². The fourth-order valence-corrected chi connectivity index (χ4v) is 1.60. The number of hydrogen-bond donors (Lipinski definition) is 2. The van der Waals surface area contributed by atoms with Crippen LogP contribution in [0.15, 0.2) is 18.2 Å². The molecule has 1 rings (SSSR count). The standard InChI is InChI=1S/C10H14ClNOS/c1-13-10-3-2-9(11)6-8(10)4-5-12-7-14/h2-3,6,12,14H,4-5,7H2,1H3. The van der Waals surface area contributed by atoms with Crippen molar-refractivity contribution in [1.29, 1.82) is 0 Å². The molecule has 0 radical (unpaired) electrons. The first-order chi connectivity index (χ1) is 6.77. The van der Waals surface area contributed by atoms with Crippen molar-refractivity contribution in [2.75, 3.05) is 19.5 Å². The lowest BCUT2D eigenvalue weighted by molar-refractivity contribution is 0.409. The van der Waals surface area contributed by atoms with Gasteiger partial charge in [-0.2, -0.15) is 12.6 Å². The van der Waals surface area contributed by atoms with E-state index in [1.54, 1.807) is 7.11 Å². The Morgan fingerprint density at radius 1 is 1.50 bits per heavy atom. The van der Waals surface area contributed by atoms with Crippen LogP contribution in [-0.2, 0) is 6.42 Å². The van der Waals surface area contributed by atoms with Crippen LogP contribution in [0.5, 0.6) is 5.75 Å². The first-order valence-corrected chi connectivity index (χ1v) is 5.43. The van der Waals surface area contributed by atoms with Crippen molar-refractivity contribution in [2.24, 2.45) is 0 Å². The van der Waals surface area contributed by atoms with Crippen molar-refractivity contribution in [3.8, 4) is 5.75 Å². The van der Waals surface area contributed by atoms with Crippen LogP contribution >= 0.6 is 24.2 Å². The van der Waals surface area contributed by atoms with Crippen LogP contribution in [0, 0.1) is 0 Å². The number of benzene rings is 1. The molecule has 1 aromatic carbocycles. The van der Waals surface area contributed by atoms with Gasteiger partial charge in [0.25, 0.3) is 0 Å². The van der Waals surface area contributed by atoms with Gasteiger partial charge in [0.2, 0.25) is 0 Å². The molecule has 0 amide bonds. The molecule has 14 heavy (non-hydrogen) atoms. The lowest BCUT2D eigenvalue weighted by Crippen LogP contribution is -2.15. The third-order valence-electron chi connectivity index (χ3n) is 1.93. The van der Waals surface area contributed by atoms with E-state index in [1.165, 1.54) is 0 Å². The summed E-state index contributed by atoms with van der Waals surface area (Å²) in [6.07, 6.45) is 0.893. The summed E-state index contributed by atoms with van der Waals surface area (Å²) in [5.41, 5.74) is 1.12. The van der Waals surface area contributed by atoms with Crippen LogP contribution in [0.3, 0.4) is 0 Å². The van der Waals surface area contributed by atoms with E-state index in [4.69, 9.17) is 16.3 Å². The topological polar surface area (TPSA) is 21.3 Å². The van der Waals surface area contributed by atoms with E-state index in [-0.39, 0.29) is 0 Å². The third-order valence-corrected chi connectivity index (χ3v) is 2.38. The molecule has 0 atom stereocenters. The number of ether oxygens (including phenoxy) is 1.